The minimum atomic E-state index is 0.121. The van der Waals surface area contributed by atoms with Crippen LogP contribution in [0.25, 0.3) is 0 Å². The summed E-state index contributed by atoms with van der Waals surface area (Å²) >= 11 is 0. The summed E-state index contributed by atoms with van der Waals surface area (Å²) in [6.45, 7) is 4.32. The van der Waals surface area contributed by atoms with Crippen molar-refractivity contribution in [1.29, 1.82) is 0 Å². The molecule has 0 unspecified atom stereocenters. The molecule has 2 amide bonds. The predicted octanol–water partition coefficient (Wildman–Crippen LogP) is 3.72. The van der Waals surface area contributed by atoms with E-state index in [1.165, 1.54) is 38.5 Å². The first kappa shape index (κ1) is 20.1. The number of aromatic nitrogens is 2. The van der Waals surface area contributed by atoms with Crippen LogP contribution in [0, 0.1) is 17.8 Å². The number of hydrogen-bond donors (Lipinski definition) is 0. The van der Waals surface area contributed by atoms with Gasteiger partial charge in [0, 0.05) is 44.3 Å². The number of aryl methyl sites for hydroxylation is 1. The van der Waals surface area contributed by atoms with Crippen molar-refractivity contribution < 1.29 is 9.59 Å². The summed E-state index contributed by atoms with van der Waals surface area (Å²) in [7, 11) is 0. The number of amides is 2. The number of fused-ring (bicyclic) bond motifs is 4. The van der Waals surface area contributed by atoms with Crippen molar-refractivity contribution >= 4 is 11.8 Å². The lowest BCUT2D eigenvalue weighted by Gasteiger charge is -2.57. The van der Waals surface area contributed by atoms with E-state index in [0.29, 0.717) is 42.1 Å². The minimum Gasteiger partial charge on any atom is -0.337 e. The molecule has 4 aliphatic rings. The molecule has 6 nitrogen and oxygen atoms in total. The van der Waals surface area contributed by atoms with Gasteiger partial charge in [0.2, 0.25) is 5.91 Å². The molecular weight excluding hydrogens is 376 g/mol. The molecule has 0 aromatic carbocycles. The number of piperidine rings is 3. The minimum absolute atomic E-state index is 0.121. The first-order valence-corrected chi connectivity index (χ1v) is 12.3. The van der Waals surface area contributed by atoms with Gasteiger partial charge in [-0.2, -0.15) is 5.10 Å². The molecule has 4 fully saturated rings. The van der Waals surface area contributed by atoms with Crippen LogP contribution in [-0.4, -0.2) is 56.6 Å². The monoisotopic (exact) mass is 412 g/mol. The van der Waals surface area contributed by atoms with Crippen molar-refractivity contribution in [2.75, 3.05) is 13.1 Å². The lowest BCUT2D eigenvalue weighted by atomic mass is 9.69. The van der Waals surface area contributed by atoms with Gasteiger partial charge in [0.15, 0.2) is 0 Å². The van der Waals surface area contributed by atoms with Crippen molar-refractivity contribution in [2.45, 2.75) is 89.8 Å². The fourth-order valence-corrected chi connectivity index (χ4v) is 6.94. The number of carbonyl (C=O) groups excluding carboxylic acids is 2. The molecule has 3 aliphatic heterocycles. The SMILES string of the molecule is CCn1nccc1C(=O)N1C[C@H]2C[C@@H](C1)[C@H](CC1CCCCC1)N1C(=O)CCC[C@@H]21. The maximum Gasteiger partial charge on any atom is 0.272 e. The maximum atomic E-state index is 13.4. The molecule has 3 saturated heterocycles. The molecule has 0 radical (unpaired) electrons. The molecule has 6 heteroatoms. The molecule has 2 bridgehead atoms. The molecule has 0 spiro atoms. The third kappa shape index (κ3) is 3.56. The number of nitrogens with zero attached hydrogens (tertiary/aromatic N) is 4. The third-order valence-electron chi connectivity index (χ3n) is 8.32. The molecule has 164 valence electrons. The highest BCUT2D eigenvalue weighted by atomic mass is 16.2. The molecule has 4 heterocycles. The van der Waals surface area contributed by atoms with Crippen LogP contribution < -0.4 is 0 Å². The summed E-state index contributed by atoms with van der Waals surface area (Å²) in [6.07, 6.45) is 13.6. The zero-order valence-corrected chi connectivity index (χ0v) is 18.3. The first-order chi connectivity index (χ1) is 14.7. The van der Waals surface area contributed by atoms with E-state index in [1.54, 1.807) is 6.20 Å². The Kier molecular flexibility index (Phi) is 5.59. The Morgan fingerprint density at radius 1 is 1.10 bits per heavy atom. The van der Waals surface area contributed by atoms with Crippen molar-refractivity contribution in [1.82, 2.24) is 19.6 Å². The van der Waals surface area contributed by atoms with Crippen LogP contribution in [-0.2, 0) is 11.3 Å². The predicted molar refractivity (Wildman–Crippen MR) is 115 cm³/mol. The summed E-state index contributed by atoms with van der Waals surface area (Å²) in [5.41, 5.74) is 0.706. The highest BCUT2D eigenvalue weighted by molar-refractivity contribution is 5.92. The van der Waals surface area contributed by atoms with Crippen LogP contribution in [0.1, 0.15) is 81.6 Å². The van der Waals surface area contributed by atoms with Crippen molar-refractivity contribution in [3.05, 3.63) is 18.0 Å². The van der Waals surface area contributed by atoms with Gasteiger partial charge >= 0.3 is 0 Å². The average molecular weight is 413 g/mol. The fourth-order valence-electron chi connectivity index (χ4n) is 6.94. The summed E-state index contributed by atoms with van der Waals surface area (Å²) < 4.78 is 1.81. The molecule has 0 N–H and O–H groups in total. The molecule has 1 saturated carbocycles. The van der Waals surface area contributed by atoms with Gasteiger partial charge in [-0.1, -0.05) is 32.1 Å². The lowest BCUT2D eigenvalue weighted by molar-refractivity contribution is -0.153. The summed E-state index contributed by atoms with van der Waals surface area (Å²) in [4.78, 5) is 30.8. The van der Waals surface area contributed by atoms with Crippen LogP contribution in [0.5, 0.6) is 0 Å². The lowest BCUT2D eigenvalue weighted by Crippen LogP contribution is -2.65. The topological polar surface area (TPSA) is 58.4 Å². The average Bonchev–Trinajstić information content (AvgIpc) is 3.26. The molecule has 30 heavy (non-hydrogen) atoms. The van der Waals surface area contributed by atoms with Gasteiger partial charge in [0.25, 0.3) is 5.91 Å². The summed E-state index contributed by atoms with van der Waals surface area (Å²) in [5.74, 6) is 2.11. The molecular formula is C24H36N4O2. The fraction of sp³-hybridized carbons (Fsp3) is 0.792. The van der Waals surface area contributed by atoms with E-state index in [4.69, 9.17) is 0 Å². The van der Waals surface area contributed by atoms with Crippen LogP contribution in [0.4, 0.5) is 0 Å². The van der Waals surface area contributed by atoms with Crippen molar-refractivity contribution in [2.24, 2.45) is 17.8 Å². The Bertz CT molecular complexity index is 784. The Morgan fingerprint density at radius 2 is 1.90 bits per heavy atom. The van der Waals surface area contributed by atoms with Gasteiger partial charge in [0.05, 0.1) is 0 Å². The summed E-state index contributed by atoms with van der Waals surface area (Å²) in [6, 6.07) is 2.52. The largest absolute Gasteiger partial charge is 0.337 e. The third-order valence-corrected chi connectivity index (χ3v) is 8.32. The van der Waals surface area contributed by atoms with E-state index >= 15 is 0 Å². The molecule has 5 rings (SSSR count). The van der Waals surface area contributed by atoms with Gasteiger partial charge in [-0.05, 0) is 56.4 Å². The van der Waals surface area contributed by atoms with Crippen LogP contribution in [0.2, 0.25) is 0 Å². The van der Waals surface area contributed by atoms with Crippen LogP contribution in [0.15, 0.2) is 12.3 Å². The Morgan fingerprint density at radius 3 is 2.70 bits per heavy atom. The number of hydrogen-bond acceptors (Lipinski definition) is 3. The highest BCUT2D eigenvalue weighted by Gasteiger charge is 2.50. The smallest absolute Gasteiger partial charge is 0.272 e. The Labute approximate surface area is 180 Å². The zero-order chi connectivity index (χ0) is 20.7. The van der Waals surface area contributed by atoms with Gasteiger partial charge in [-0.25, -0.2) is 0 Å². The number of rotatable bonds is 4. The molecule has 4 atom stereocenters. The van der Waals surface area contributed by atoms with E-state index in [1.807, 2.05) is 17.7 Å². The first-order valence-electron chi connectivity index (χ1n) is 12.3. The van der Waals surface area contributed by atoms with Crippen LogP contribution in [0.3, 0.4) is 0 Å². The Balaban J connectivity index is 1.40. The van der Waals surface area contributed by atoms with E-state index in [2.05, 4.69) is 14.9 Å². The zero-order valence-electron chi connectivity index (χ0n) is 18.3. The van der Waals surface area contributed by atoms with E-state index in [-0.39, 0.29) is 5.91 Å². The molecule has 1 aromatic heterocycles. The van der Waals surface area contributed by atoms with Gasteiger partial charge < -0.3 is 9.80 Å². The van der Waals surface area contributed by atoms with Crippen molar-refractivity contribution in [3.8, 4) is 0 Å². The van der Waals surface area contributed by atoms with E-state index < -0.39 is 0 Å². The number of carbonyl (C=O) groups is 2. The molecule has 1 aromatic rings. The van der Waals surface area contributed by atoms with E-state index in [0.717, 1.165) is 44.7 Å². The highest BCUT2D eigenvalue weighted by Crippen LogP contribution is 2.44. The second-order valence-corrected chi connectivity index (χ2v) is 10.1. The second-order valence-electron chi connectivity index (χ2n) is 10.1. The van der Waals surface area contributed by atoms with Gasteiger partial charge in [-0.15, -0.1) is 0 Å². The maximum absolute atomic E-state index is 13.4. The summed E-state index contributed by atoms with van der Waals surface area (Å²) in [5, 5.41) is 4.31. The normalized spacial score (nSPS) is 32.2. The van der Waals surface area contributed by atoms with Gasteiger partial charge in [0.1, 0.15) is 5.69 Å². The van der Waals surface area contributed by atoms with Crippen LogP contribution >= 0.6 is 0 Å². The molecule has 1 aliphatic carbocycles. The quantitative estimate of drug-likeness (QED) is 0.757. The van der Waals surface area contributed by atoms with Gasteiger partial charge in [-0.3, -0.25) is 14.3 Å². The standard InChI is InChI=1S/C24H36N4O2/c1-2-27-21(11-12-25-27)24(30)26-15-18-14-19(16-26)22(13-17-7-4-3-5-8-17)28-20(18)9-6-10-23(28)29/h11-12,17-20,22H,2-10,13-16H2,1H3/t18-,19+,20+,22+/m1/s1. The Hall–Kier alpha value is -1.85. The second kappa shape index (κ2) is 8.35. The van der Waals surface area contributed by atoms with E-state index in [9.17, 15) is 9.59 Å². The number of likely N-dealkylation sites (tertiary alicyclic amines) is 1. The van der Waals surface area contributed by atoms with Crippen molar-refractivity contribution in [3.63, 3.8) is 0 Å².